The van der Waals surface area contributed by atoms with Crippen molar-refractivity contribution in [1.82, 2.24) is 0 Å². The van der Waals surface area contributed by atoms with Crippen LogP contribution in [0.2, 0.25) is 0 Å². The number of phenols is 1. The lowest BCUT2D eigenvalue weighted by molar-refractivity contribution is -0.138. The van der Waals surface area contributed by atoms with Crippen LogP contribution in [0.5, 0.6) is 11.5 Å². The number of alkyl halides is 3. The molecule has 0 saturated heterocycles. The molecule has 0 fully saturated rings. The van der Waals surface area contributed by atoms with Crippen molar-refractivity contribution in [3.8, 4) is 11.5 Å². The number of methoxy groups -OCH3 is 1. The third-order valence-corrected chi connectivity index (χ3v) is 2.54. The molecule has 0 bridgehead atoms. The SMILES string of the molecule is COc1cc(C(C)CN)c(C(F)(F)F)cc1O. The van der Waals surface area contributed by atoms with E-state index in [9.17, 15) is 18.3 Å². The highest BCUT2D eigenvalue weighted by Gasteiger charge is 2.35. The van der Waals surface area contributed by atoms with Crippen LogP contribution in [-0.2, 0) is 6.18 Å². The van der Waals surface area contributed by atoms with E-state index in [1.165, 1.54) is 13.2 Å². The van der Waals surface area contributed by atoms with Crippen LogP contribution in [0.3, 0.4) is 0 Å². The molecule has 0 saturated carbocycles. The average molecular weight is 249 g/mol. The van der Waals surface area contributed by atoms with Crippen LogP contribution < -0.4 is 10.5 Å². The van der Waals surface area contributed by atoms with E-state index in [4.69, 9.17) is 10.5 Å². The number of hydrogen-bond donors (Lipinski definition) is 2. The van der Waals surface area contributed by atoms with Crippen LogP contribution >= 0.6 is 0 Å². The van der Waals surface area contributed by atoms with Crippen molar-refractivity contribution < 1.29 is 23.0 Å². The number of ether oxygens (including phenoxy) is 1. The fourth-order valence-corrected chi connectivity index (χ4v) is 1.53. The Morgan fingerprint density at radius 3 is 2.41 bits per heavy atom. The van der Waals surface area contributed by atoms with E-state index < -0.39 is 23.4 Å². The molecule has 0 radical (unpaired) electrons. The zero-order valence-corrected chi connectivity index (χ0v) is 9.51. The van der Waals surface area contributed by atoms with E-state index in [-0.39, 0.29) is 17.9 Å². The number of aromatic hydroxyl groups is 1. The van der Waals surface area contributed by atoms with E-state index >= 15 is 0 Å². The summed E-state index contributed by atoms with van der Waals surface area (Å²) >= 11 is 0. The zero-order chi connectivity index (χ0) is 13.2. The van der Waals surface area contributed by atoms with Gasteiger partial charge < -0.3 is 15.6 Å². The molecule has 96 valence electrons. The maximum Gasteiger partial charge on any atom is 0.416 e. The molecular weight excluding hydrogens is 235 g/mol. The molecule has 0 aliphatic heterocycles. The molecule has 6 heteroatoms. The largest absolute Gasteiger partial charge is 0.504 e. The van der Waals surface area contributed by atoms with Gasteiger partial charge in [0.2, 0.25) is 0 Å². The molecule has 3 nitrogen and oxygen atoms in total. The first-order chi connectivity index (χ1) is 7.81. The second kappa shape index (κ2) is 4.83. The lowest BCUT2D eigenvalue weighted by atomic mass is 9.94. The van der Waals surface area contributed by atoms with Gasteiger partial charge in [-0.3, -0.25) is 0 Å². The van der Waals surface area contributed by atoms with Crippen molar-refractivity contribution in [2.45, 2.75) is 19.0 Å². The van der Waals surface area contributed by atoms with Gasteiger partial charge in [0.25, 0.3) is 0 Å². The summed E-state index contributed by atoms with van der Waals surface area (Å²) in [5.41, 5.74) is 4.52. The third kappa shape index (κ3) is 2.82. The molecule has 3 N–H and O–H groups in total. The molecule has 1 rings (SSSR count). The molecule has 0 heterocycles. The average Bonchev–Trinajstić information content (AvgIpc) is 2.26. The van der Waals surface area contributed by atoms with Crippen LogP contribution in [0, 0.1) is 0 Å². The molecule has 17 heavy (non-hydrogen) atoms. The van der Waals surface area contributed by atoms with Gasteiger partial charge in [0.1, 0.15) is 0 Å². The van der Waals surface area contributed by atoms with Crippen molar-refractivity contribution in [2.75, 3.05) is 13.7 Å². The molecule has 0 amide bonds. The fourth-order valence-electron chi connectivity index (χ4n) is 1.53. The first-order valence-corrected chi connectivity index (χ1v) is 4.99. The molecule has 0 aliphatic rings. The molecule has 1 aromatic carbocycles. The number of hydrogen-bond acceptors (Lipinski definition) is 3. The van der Waals surface area contributed by atoms with E-state index in [2.05, 4.69) is 0 Å². The minimum absolute atomic E-state index is 0.00769. The van der Waals surface area contributed by atoms with Gasteiger partial charge in [-0.05, 0) is 30.2 Å². The highest BCUT2D eigenvalue weighted by Crippen LogP contribution is 2.40. The molecule has 1 atom stereocenters. The van der Waals surface area contributed by atoms with Crippen LogP contribution in [0.1, 0.15) is 24.0 Å². The van der Waals surface area contributed by atoms with Crippen LogP contribution in [0.4, 0.5) is 13.2 Å². The summed E-state index contributed by atoms with van der Waals surface area (Å²) in [7, 11) is 1.28. The van der Waals surface area contributed by atoms with Gasteiger partial charge in [0.15, 0.2) is 11.5 Å². The minimum atomic E-state index is -4.53. The summed E-state index contributed by atoms with van der Waals surface area (Å²) in [6, 6.07) is 1.84. The molecule has 1 unspecified atom stereocenters. The lowest BCUT2D eigenvalue weighted by Gasteiger charge is -2.19. The van der Waals surface area contributed by atoms with Gasteiger partial charge in [0, 0.05) is 0 Å². The molecule has 0 aromatic heterocycles. The first-order valence-electron chi connectivity index (χ1n) is 4.99. The number of nitrogens with two attached hydrogens (primary N) is 1. The topological polar surface area (TPSA) is 55.5 Å². The highest BCUT2D eigenvalue weighted by atomic mass is 19.4. The third-order valence-electron chi connectivity index (χ3n) is 2.54. The van der Waals surface area contributed by atoms with Gasteiger partial charge in [0.05, 0.1) is 12.7 Å². The highest BCUT2D eigenvalue weighted by molar-refractivity contribution is 5.48. The van der Waals surface area contributed by atoms with Gasteiger partial charge in [-0.2, -0.15) is 13.2 Å². The Bertz CT molecular complexity index is 404. The zero-order valence-electron chi connectivity index (χ0n) is 9.51. The van der Waals surface area contributed by atoms with E-state index in [1.54, 1.807) is 6.92 Å². The number of phenolic OH excluding ortho intramolecular Hbond substituents is 1. The normalized spacial score (nSPS) is 13.5. The summed E-state index contributed by atoms with van der Waals surface area (Å²) in [5, 5.41) is 9.38. The summed E-state index contributed by atoms with van der Waals surface area (Å²) in [4.78, 5) is 0. The van der Waals surface area contributed by atoms with Crippen molar-refractivity contribution in [3.05, 3.63) is 23.3 Å². The van der Waals surface area contributed by atoms with E-state index in [1.807, 2.05) is 0 Å². The van der Waals surface area contributed by atoms with Gasteiger partial charge in [-0.25, -0.2) is 0 Å². The standard InChI is InChI=1S/C11H14F3NO2/c1-6(5-15)7-3-10(17-2)9(16)4-8(7)11(12,13)14/h3-4,6,16H,5,15H2,1-2H3. The Morgan fingerprint density at radius 2 is 2.00 bits per heavy atom. The van der Waals surface area contributed by atoms with Crippen molar-refractivity contribution in [3.63, 3.8) is 0 Å². The predicted octanol–water partition coefficient (Wildman–Crippen LogP) is 2.48. The summed E-state index contributed by atoms with van der Waals surface area (Å²) in [6.45, 7) is 1.66. The Morgan fingerprint density at radius 1 is 1.41 bits per heavy atom. The molecule has 0 spiro atoms. The molecule has 0 aliphatic carbocycles. The molecular formula is C11H14F3NO2. The van der Waals surface area contributed by atoms with Crippen LogP contribution in [0.25, 0.3) is 0 Å². The van der Waals surface area contributed by atoms with Crippen LogP contribution in [-0.4, -0.2) is 18.8 Å². The summed E-state index contributed by atoms with van der Waals surface area (Å²) in [5.74, 6) is -0.998. The second-order valence-electron chi connectivity index (χ2n) is 3.75. The van der Waals surface area contributed by atoms with Crippen molar-refractivity contribution in [1.29, 1.82) is 0 Å². The van der Waals surface area contributed by atoms with Crippen LogP contribution in [0.15, 0.2) is 12.1 Å². The molecule has 1 aromatic rings. The lowest BCUT2D eigenvalue weighted by Crippen LogP contribution is -2.16. The smallest absolute Gasteiger partial charge is 0.416 e. The minimum Gasteiger partial charge on any atom is -0.504 e. The summed E-state index contributed by atoms with van der Waals surface area (Å²) in [6.07, 6.45) is -4.53. The van der Waals surface area contributed by atoms with E-state index in [0.717, 1.165) is 0 Å². The number of halogens is 3. The first kappa shape index (κ1) is 13.6. The maximum absolute atomic E-state index is 12.8. The number of rotatable bonds is 3. The Kier molecular flexibility index (Phi) is 3.87. The Hall–Kier alpha value is -1.43. The van der Waals surface area contributed by atoms with Gasteiger partial charge in [-0.15, -0.1) is 0 Å². The van der Waals surface area contributed by atoms with Gasteiger partial charge in [-0.1, -0.05) is 6.92 Å². The Labute approximate surface area is 97.0 Å². The van der Waals surface area contributed by atoms with E-state index in [0.29, 0.717) is 6.07 Å². The quantitative estimate of drug-likeness (QED) is 0.865. The number of benzene rings is 1. The van der Waals surface area contributed by atoms with Crippen molar-refractivity contribution in [2.24, 2.45) is 5.73 Å². The fraction of sp³-hybridized carbons (Fsp3) is 0.455. The Balaban J connectivity index is 3.42. The predicted molar refractivity (Wildman–Crippen MR) is 57.1 cm³/mol. The van der Waals surface area contributed by atoms with Crippen molar-refractivity contribution >= 4 is 0 Å². The second-order valence-corrected chi connectivity index (χ2v) is 3.75. The monoisotopic (exact) mass is 249 g/mol. The maximum atomic E-state index is 12.8. The van der Waals surface area contributed by atoms with Gasteiger partial charge >= 0.3 is 6.18 Å². The summed E-state index contributed by atoms with van der Waals surface area (Å²) < 4.78 is 43.1.